The summed E-state index contributed by atoms with van der Waals surface area (Å²) in [6.07, 6.45) is 0. The molecule has 0 fully saturated rings. The highest BCUT2D eigenvalue weighted by Crippen LogP contribution is 2.01. The Morgan fingerprint density at radius 3 is 2.75 bits per heavy atom. The van der Waals surface area contributed by atoms with Crippen molar-refractivity contribution < 1.29 is 0 Å². The van der Waals surface area contributed by atoms with Crippen LogP contribution in [-0.2, 0) is 0 Å². The lowest BCUT2D eigenvalue weighted by molar-refractivity contribution is 0.874. The van der Waals surface area contributed by atoms with Crippen LogP contribution in [-0.4, -0.2) is 22.0 Å². The van der Waals surface area contributed by atoms with Crippen molar-refractivity contribution in [2.45, 2.75) is 13.0 Å². The minimum atomic E-state index is 0.403. The third kappa shape index (κ3) is 5.18. The Kier molecular flexibility index (Phi) is 6.97. The number of nitrogens with two attached hydrogens (primary N) is 1. The average Bonchev–Trinajstić information content (AvgIpc) is 1.83. The van der Waals surface area contributed by atoms with Crippen LogP contribution in [0.2, 0.25) is 0 Å². The first-order valence-electron chi connectivity index (χ1n) is 2.70. The van der Waals surface area contributed by atoms with E-state index >= 15 is 0 Å². The van der Waals surface area contributed by atoms with Gasteiger partial charge in [-0.05, 0) is 5.75 Å². The molecule has 1 nitrogen and oxygen atoms in total. The molecule has 0 aromatic rings. The predicted octanol–water partition coefficient (Wildman–Crippen LogP) is 1.50. The SMILES string of the molecule is CCSC[C@H](N)CI. The van der Waals surface area contributed by atoms with Crippen LogP contribution in [0, 0.1) is 0 Å². The van der Waals surface area contributed by atoms with Gasteiger partial charge >= 0.3 is 0 Å². The molecule has 0 spiro atoms. The van der Waals surface area contributed by atoms with Crippen LogP contribution in [0.25, 0.3) is 0 Å². The average molecular weight is 245 g/mol. The fourth-order valence-electron chi connectivity index (χ4n) is 0.314. The summed E-state index contributed by atoms with van der Waals surface area (Å²) in [5, 5.41) is 0. The number of thioether (sulfide) groups is 1. The Morgan fingerprint density at radius 2 is 2.38 bits per heavy atom. The first-order chi connectivity index (χ1) is 3.81. The van der Waals surface area contributed by atoms with Gasteiger partial charge in [-0.25, -0.2) is 0 Å². The molecule has 0 heterocycles. The van der Waals surface area contributed by atoms with E-state index in [9.17, 15) is 0 Å². The first-order valence-corrected chi connectivity index (χ1v) is 5.38. The Bertz CT molecular complexity index is 51.7. The van der Waals surface area contributed by atoms with Gasteiger partial charge in [-0.3, -0.25) is 0 Å². The summed E-state index contributed by atoms with van der Waals surface area (Å²) < 4.78 is 1.07. The largest absolute Gasteiger partial charge is 0.326 e. The van der Waals surface area contributed by atoms with Crippen LogP contribution in [0.4, 0.5) is 0 Å². The maximum atomic E-state index is 5.63. The number of hydrogen-bond acceptors (Lipinski definition) is 2. The maximum absolute atomic E-state index is 5.63. The van der Waals surface area contributed by atoms with Crippen LogP contribution in [0.15, 0.2) is 0 Å². The van der Waals surface area contributed by atoms with Crippen molar-refractivity contribution in [2.24, 2.45) is 5.73 Å². The van der Waals surface area contributed by atoms with Gasteiger partial charge in [-0.15, -0.1) is 0 Å². The minimum absolute atomic E-state index is 0.403. The molecule has 0 radical (unpaired) electrons. The molecule has 0 rings (SSSR count). The zero-order chi connectivity index (χ0) is 6.41. The molecule has 8 heavy (non-hydrogen) atoms. The molecule has 1 atom stereocenters. The van der Waals surface area contributed by atoms with Gasteiger partial charge in [0.25, 0.3) is 0 Å². The molecular weight excluding hydrogens is 233 g/mol. The molecule has 0 saturated heterocycles. The van der Waals surface area contributed by atoms with E-state index in [4.69, 9.17) is 5.73 Å². The van der Waals surface area contributed by atoms with Gasteiger partial charge in [0.1, 0.15) is 0 Å². The van der Waals surface area contributed by atoms with Gasteiger partial charge in [0.05, 0.1) is 0 Å². The highest BCUT2D eigenvalue weighted by Gasteiger charge is 1.96. The minimum Gasteiger partial charge on any atom is -0.326 e. The number of halogens is 1. The molecule has 0 saturated carbocycles. The molecule has 0 amide bonds. The smallest absolute Gasteiger partial charge is 0.0221 e. The Hall–Kier alpha value is 1.04. The molecule has 0 aromatic heterocycles. The fraction of sp³-hybridized carbons (Fsp3) is 1.00. The van der Waals surface area contributed by atoms with E-state index in [-0.39, 0.29) is 0 Å². The Labute approximate surface area is 68.9 Å². The van der Waals surface area contributed by atoms with Gasteiger partial charge in [0, 0.05) is 16.2 Å². The summed E-state index contributed by atoms with van der Waals surface area (Å²) in [5.41, 5.74) is 5.63. The molecule has 0 aromatic carbocycles. The number of hydrogen-bond donors (Lipinski definition) is 1. The van der Waals surface area contributed by atoms with Gasteiger partial charge < -0.3 is 5.73 Å². The van der Waals surface area contributed by atoms with Crippen molar-refractivity contribution in [3.8, 4) is 0 Å². The first kappa shape index (κ1) is 9.04. The van der Waals surface area contributed by atoms with Crippen molar-refractivity contribution in [3.63, 3.8) is 0 Å². The maximum Gasteiger partial charge on any atom is 0.0221 e. The summed E-state index contributed by atoms with van der Waals surface area (Å²) in [7, 11) is 0. The zero-order valence-corrected chi connectivity index (χ0v) is 8.04. The number of alkyl halides is 1. The van der Waals surface area contributed by atoms with Gasteiger partial charge in [0.15, 0.2) is 0 Å². The molecule has 0 bridgehead atoms. The topological polar surface area (TPSA) is 26.0 Å². The third-order valence-electron chi connectivity index (χ3n) is 0.734. The van der Waals surface area contributed by atoms with E-state index < -0.39 is 0 Å². The second-order valence-corrected chi connectivity index (χ2v) is 3.77. The van der Waals surface area contributed by atoms with Gasteiger partial charge in [-0.2, -0.15) is 11.8 Å². The lowest BCUT2D eigenvalue weighted by atomic mass is 10.4. The summed E-state index contributed by atoms with van der Waals surface area (Å²) in [6.45, 7) is 2.16. The molecular formula is C5H12INS. The molecule has 0 unspecified atom stereocenters. The van der Waals surface area contributed by atoms with Gasteiger partial charge in [0.2, 0.25) is 0 Å². The normalized spacial score (nSPS) is 13.9. The van der Waals surface area contributed by atoms with E-state index in [0.717, 1.165) is 10.2 Å². The van der Waals surface area contributed by atoms with Crippen molar-refractivity contribution >= 4 is 34.4 Å². The molecule has 3 heteroatoms. The van der Waals surface area contributed by atoms with E-state index in [1.807, 2.05) is 11.8 Å². The highest BCUT2D eigenvalue weighted by atomic mass is 127. The lowest BCUT2D eigenvalue weighted by Gasteiger charge is -2.03. The second-order valence-electron chi connectivity index (χ2n) is 1.57. The summed E-state index contributed by atoms with van der Waals surface area (Å²) in [6, 6.07) is 0.403. The van der Waals surface area contributed by atoms with E-state index in [2.05, 4.69) is 29.5 Å². The lowest BCUT2D eigenvalue weighted by Crippen LogP contribution is -2.24. The predicted molar refractivity (Wildman–Crippen MR) is 49.9 cm³/mol. The molecule has 0 aliphatic rings. The second kappa shape index (κ2) is 6.16. The van der Waals surface area contributed by atoms with Crippen molar-refractivity contribution in [1.29, 1.82) is 0 Å². The fourth-order valence-corrected chi connectivity index (χ4v) is 1.70. The summed E-state index contributed by atoms with van der Waals surface area (Å²) >= 11 is 4.23. The Morgan fingerprint density at radius 1 is 1.75 bits per heavy atom. The van der Waals surface area contributed by atoms with Crippen molar-refractivity contribution in [1.82, 2.24) is 0 Å². The molecule has 0 aliphatic carbocycles. The van der Waals surface area contributed by atoms with E-state index in [0.29, 0.717) is 6.04 Å². The zero-order valence-electron chi connectivity index (χ0n) is 5.06. The van der Waals surface area contributed by atoms with E-state index in [1.54, 1.807) is 0 Å². The summed E-state index contributed by atoms with van der Waals surface area (Å²) in [5.74, 6) is 2.30. The monoisotopic (exact) mass is 245 g/mol. The highest BCUT2D eigenvalue weighted by molar-refractivity contribution is 14.1. The van der Waals surface area contributed by atoms with Crippen LogP contribution >= 0.6 is 34.4 Å². The molecule has 2 N–H and O–H groups in total. The quantitative estimate of drug-likeness (QED) is 0.600. The standard InChI is InChI=1S/C5H12INS/c1-2-8-4-5(7)3-6/h5H,2-4,7H2,1H3/t5-/m1/s1. The Balaban J connectivity index is 2.86. The van der Waals surface area contributed by atoms with Crippen molar-refractivity contribution in [3.05, 3.63) is 0 Å². The van der Waals surface area contributed by atoms with Crippen molar-refractivity contribution in [2.75, 3.05) is 15.9 Å². The third-order valence-corrected chi connectivity index (χ3v) is 2.94. The molecule has 0 aliphatic heterocycles. The molecule has 50 valence electrons. The van der Waals surface area contributed by atoms with Crippen LogP contribution in [0.1, 0.15) is 6.92 Å². The van der Waals surface area contributed by atoms with Gasteiger partial charge in [-0.1, -0.05) is 29.5 Å². The van der Waals surface area contributed by atoms with E-state index in [1.165, 1.54) is 5.75 Å². The van der Waals surface area contributed by atoms with Crippen LogP contribution in [0.3, 0.4) is 0 Å². The number of rotatable bonds is 4. The summed E-state index contributed by atoms with van der Waals surface area (Å²) in [4.78, 5) is 0. The van der Waals surface area contributed by atoms with Crippen LogP contribution < -0.4 is 5.73 Å². The van der Waals surface area contributed by atoms with Crippen LogP contribution in [0.5, 0.6) is 0 Å².